The fourth-order valence-electron chi connectivity index (χ4n) is 1.80. The molecule has 0 aliphatic rings. The molecule has 0 bridgehead atoms. The van der Waals surface area contributed by atoms with Crippen LogP contribution in [0.3, 0.4) is 0 Å². The van der Waals surface area contributed by atoms with Gasteiger partial charge >= 0.3 is 5.97 Å². The number of hydrogen-bond donors (Lipinski definition) is 0. The third-order valence-electron chi connectivity index (χ3n) is 2.93. The second-order valence-corrected chi connectivity index (χ2v) is 5.12. The highest BCUT2D eigenvalue weighted by Crippen LogP contribution is 2.29. The van der Waals surface area contributed by atoms with Crippen LogP contribution < -0.4 is 9.47 Å². The lowest BCUT2D eigenvalue weighted by molar-refractivity contribution is -0.152. The van der Waals surface area contributed by atoms with Gasteiger partial charge in [-0.3, -0.25) is 0 Å². The van der Waals surface area contributed by atoms with Crippen LogP contribution in [0.1, 0.15) is 12.0 Å². The van der Waals surface area contributed by atoms with Crippen molar-refractivity contribution in [1.29, 1.82) is 0 Å². The van der Waals surface area contributed by atoms with Crippen LogP contribution >= 0.6 is 15.9 Å². The van der Waals surface area contributed by atoms with Gasteiger partial charge in [0.2, 0.25) is 0 Å². The topological polar surface area (TPSA) is 54.0 Å². The molecule has 0 spiro atoms. The third-order valence-corrected chi connectivity index (χ3v) is 3.49. The molecule has 0 aromatic heterocycles. The Hall–Kier alpha value is -1.27. The average Bonchev–Trinajstić information content (AvgIpc) is 2.52. The SMILES string of the molecule is COC(=O)C(Cc1ccc(OCCCBr)c(OC)c1)OC. The Balaban J connectivity index is 2.78. The Labute approximate surface area is 133 Å². The number of rotatable bonds is 9. The first kappa shape index (κ1) is 17.8. The minimum atomic E-state index is -0.625. The van der Waals surface area contributed by atoms with Gasteiger partial charge in [0.1, 0.15) is 0 Å². The second kappa shape index (κ2) is 9.63. The molecule has 118 valence electrons. The lowest BCUT2D eigenvalue weighted by atomic mass is 10.1. The van der Waals surface area contributed by atoms with Gasteiger partial charge in [0.15, 0.2) is 17.6 Å². The standard InChI is InChI=1S/C15H21BrO5/c1-18-13-9-11(10-14(19-2)15(17)20-3)5-6-12(13)21-8-4-7-16/h5-6,9,14H,4,7-8,10H2,1-3H3. The minimum Gasteiger partial charge on any atom is -0.493 e. The van der Waals surface area contributed by atoms with E-state index in [0.29, 0.717) is 24.5 Å². The molecule has 0 heterocycles. The quantitative estimate of drug-likeness (QED) is 0.385. The van der Waals surface area contributed by atoms with Crippen molar-refractivity contribution in [3.8, 4) is 11.5 Å². The van der Waals surface area contributed by atoms with Crippen molar-refractivity contribution in [3.05, 3.63) is 23.8 Å². The van der Waals surface area contributed by atoms with Gasteiger partial charge in [0, 0.05) is 18.9 Å². The lowest BCUT2D eigenvalue weighted by Crippen LogP contribution is -2.26. The molecule has 0 aliphatic carbocycles. The predicted molar refractivity (Wildman–Crippen MR) is 83.4 cm³/mol. The number of benzene rings is 1. The fourth-order valence-corrected chi connectivity index (χ4v) is 2.03. The summed E-state index contributed by atoms with van der Waals surface area (Å²) >= 11 is 3.36. The average molecular weight is 361 g/mol. The maximum atomic E-state index is 11.5. The van der Waals surface area contributed by atoms with Crippen LogP contribution in [-0.4, -0.2) is 45.3 Å². The first-order valence-corrected chi connectivity index (χ1v) is 7.74. The highest BCUT2D eigenvalue weighted by Gasteiger charge is 2.19. The molecule has 0 amide bonds. The van der Waals surface area contributed by atoms with Gasteiger partial charge in [0.05, 0.1) is 20.8 Å². The fraction of sp³-hybridized carbons (Fsp3) is 0.533. The van der Waals surface area contributed by atoms with Gasteiger partial charge in [-0.15, -0.1) is 0 Å². The number of halogens is 1. The molecule has 1 atom stereocenters. The van der Waals surface area contributed by atoms with Crippen LogP contribution in [0.5, 0.6) is 11.5 Å². The summed E-state index contributed by atoms with van der Waals surface area (Å²) in [5, 5.41) is 0.891. The Morgan fingerprint density at radius 3 is 2.57 bits per heavy atom. The molecular weight excluding hydrogens is 340 g/mol. The summed E-state index contributed by atoms with van der Waals surface area (Å²) in [4.78, 5) is 11.5. The number of ether oxygens (including phenoxy) is 4. The van der Waals surface area contributed by atoms with Crippen LogP contribution in [0, 0.1) is 0 Å². The number of alkyl halides is 1. The Morgan fingerprint density at radius 1 is 1.24 bits per heavy atom. The molecule has 0 aliphatic heterocycles. The molecule has 0 radical (unpaired) electrons. The van der Waals surface area contributed by atoms with E-state index in [1.54, 1.807) is 7.11 Å². The smallest absolute Gasteiger partial charge is 0.335 e. The van der Waals surface area contributed by atoms with Crippen molar-refractivity contribution in [2.75, 3.05) is 33.3 Å². The van der Waals surface area contributed by atoms with Gasteiger partial charge in [-0.05, 0) is 24.1 Å². The zero-order valence-electron chi connectivity index (χ0n) is 12.6. The Morgan fingerprint density at radius 2 is 2.00 bits per heavy atom. The van der Waals surface area contributed by atoms with E-state index >= 15 is 0 Å². The molecule has 1 unspecified atom stereocenters. The second-order valence-electron chi connectivity index (χ2n) is 4.33. The molecule has 5 nitrogen and oxygen atoms in total. The highest BCUT2D eigenvalue weighted by molar-refractivity contribution is 9.09. The molecule has 1 rings (SSSR count). The van der Waals surface area contributed by atoms with Gasteiger partial charge in [0.25, 0.3) is 0 Å². The van der Waals surface area contributed by atoms with E-state index in [0.717, 1.165) is 17.3 Å². The predicted octanol–water partition coefficient (Wildman–Crippen LogP) is 2.59. The maximum absolute atomic E-state index is 11.5. The van der Waals surface area contributed by atoms with Crippen LogP contribution in [-0.2, 0) is 20.7 Å². The molecule has 21 heavy (non-hydrogen) atoms. The summed E-state index contributed by atoms with van der Waals surface area (Å²) in [7, 11) is 4.41. The van der Waals surface area contributed by atoms with Gasteiger partial charge in [-0.25, -0.2) is 4.79 Å². The van der Waals surface area contributed by atoms with Crippen molar-refractivity contribution >= 4 is 21.9 Å². The van der Waals surface area contributed by atoms with Gasteiger partial charge in [-0.2, -0.15) is 0 Å². The van der Waals surface area contributed by atoms with Crippen LogP contribution in [0.4, 0.5) is 0 Å². The molecule has 0 fully saturated rings. The van der Waals surface area contributed by atoms with E-state index in [-0.39, 0.29) is 0 Å². The lowest BCUT2D eigenvalue weighted by Gasteiger charge is -2.15. The van der Waals surface area contributed by atoms with Gasteiger partial charge in [-0.1, -0.05) is 22.0 Å². The van der Waals surface area contributed by atoms with E-state index in [2.05, 4.69) is 15.9 Å². The zero-order chi connectivity index (χ0) is 15.7. The summed E-state index contributed by atoms with van der Waals surface area (Å²) in [5.74, 6) is 0.935. The van der Waals surface area contributed by atoms with Crippen molar-refractivity contribution in [1.82, 2.24) is 0 Å². The largest absolute Gasteiger partial charge is 0.493 e. The van der Waals surface area contributed by atoms with Crippen LogP contribution in [0.15, 0.2) is 18.2 Å². The van der Waals surface area contributed by atoms with E-state index in [9.17, 15) is 4.79 Å². The number of carbonyl (C=O) groups is 1. The zero-order valence-corrected chi connectivity index (χ0v) is 14.1. The number of methoxy groups -OCH3 is 3. The number of carbonyl (C=O) groups excluding carboxylic acids is 1. The van der Waals surface area contributed by atoms with Crippen molar-refractivity contribution in [2.45, 2.75) is 18.9 Å². The van der Waals surface area contributed by atoms with E-state index in [4.69, 9.17) is 18.9 Å². The van der Waals surface area contributed by atoms with Crippen molar-refractivity contribution in [2.24, 2.45) is 0 Å². The molecule has 1 aromatic rings. The first-order valence-electron chi connectivity index (χ1n) is 6.62. The molecule has 0 N–H and O–H groups in total. The van der Waals surface area contributed by atoms with Crippen LogP contribution in [0.2, 0.25) is 0 Å². The summed E-state index contributed by atoms with van der Waals surface area (Å²) in [6.45, 7) is 0.615. The monoisotopic (exact) mass is 360 g/mol. The minimum absolute atomic E-state index is 0.394. The molecular formula is C15H21BrO5. The first-order chi connectivity index (χ1) is 10.2. The number of hydrogen-bond acceptors (Lipinski definition) is 5. The summed E-state index contributed by atoms with van der Waals surface area (Å²) in [6.07, 6.45) is 0.708. The van der Waals surface area contributed by atoms with Crippen molar-refractivity contribution < 1.29 is 23.7 Å². The van der Waals surface area contributed by atoms with Crippen LogP contribution in [0.25, 0.3) is 0 Å². The summed E-state index contributed by atoms with van der Waals surface area (Å²) in [6, 6.07) is 5.58. The summed E-state index contributed by atoms with van der Waals surface area (Å²) < 4.78 is 20.8. The maximum Gasteiger partial charge on any atom is 0.335 e. The molecule has 0 saturated carbocycles. The Kier molecular flexibility index (Phi) is 8.15. The van der Waals surface area contributed by atoms with Crippen molar-refractivity contribution in [3.63, 3.8) is 0 Å². The van der Waals surface area contributed by atoms with Gasteiger partial charge < -0.3 is 18.9 Å². The number of esters is 1. The summed E-state index contributed by atoms with van der Waals surface area (Å²) in [5.41, 5.74) is 0.914. The third kappa shape index (κ3) is 5.55. The normalized spacial score (nSPS) is 11.8. The van der Waals surface area contributed by atoms with E-state index < -0.39 is 12.1 Å². The van der Waals surface area contributed by atoms with E-state index in [1.807, 2.05) is 18.2 Å². The highest BCUT2D eigenvalue weighted by atomic mass is 79.9. The Bertz CT molecular complexity index is 450. The van der Waals surface area contributed by atoms with E-state index in [1.165, 1.54) is 14.2 Å². The molecule has 0 saturated heterocycles. The molecule has 1 aromatic carbocycles. The molecule has 6 heteroatoms.